The number of aliphatic hydroxyl groups is 1. The quantitative estimate of drug-likeness (QED) is 0.292. The van der Waals surface area contributed by atoms with Gasteiger partial charge in [-0.2, -0.15) is 0 Å². The van der Waals surface area contributed by atoms with Crippen LogP contribution in [0.2, 0.25) is 0 Å². The van der Waals surface area contributed by atoms with Gasteiger partial charge in [0.25, 0.3) is 0 Å². The van der Waals surface area contributed by atoms with Crippen molar-refractivity contribution in [1.82, 2.24) is 0 Å². The Morgan fingerprint density at radius 1 is 0.632 bits per heavy atom. The maximum atomic E-state index is 15.0. The highest BCUT2D eigenvalue weighted by Crippen LogP contribution is 2.78. The third-order valence-corrected chi connectivity index (χ3v) is 25.1. The lowest BCUT2D eigenvalue weighted by atomic mass is 9.32. The first-order valence-electron chi connectivity index (χ1n) is 26.7. The number of methoxy groups -OCH3 is 2. The van der Waals surface area contributed by atoms with Gasteiger partial charge in [0.15, 0.2) is 11.5 Å². The number of carbonyl (C=O) groups is 3. The fourth-order valence-corrected chi connectivity index (χ4v) is 19.8. The van der Waals surface area contributed by atoms with Crippen molar-refractivity contribution in [1.29, 1.82) is 0 Å². The van der Waals surface area contributed by atoms with E-state index in [-0.39, 0.29) is 67.1 Å². The van der Waals surface area contributed by atoms with E-state index in [1.54, 1.807) is 6.08 Å². The van der Waals surface area contributed by atoms with E-state index in [9.17, 15) is 19.5 Å². The lowest BCUT2D eigenvalue weighted by molar-refractivity contribution is -0.236. The molecular weight excluding hydrogens is 849 g/mol. The van der Waals surface area contributed by atoms with Crippen molar-refractivity contribution in [3.63, 3.8) is 0 Å². The molecule has 16 unspecified atom stereocenters. The Morgan fingerprint density at radius 2 is 1.13 bits per heavy atom. The highest BCUT2D eigenvalue weighted by atomic mass is 16.7. The van der Waals surface area contributed by atoms with Crippen LogP contribution < -0.4 is 9.47 Å². The summed E-state index contributed by atoms with van der Waals surface area (Å²) < 4.78 is 25.0. The largest absolute Gasteiger partial charge is 0.471 e. The number of ketones is 1. The van der Waals surface area contributed by atoms with Crippen molar-refractivity contribution in [2.45, 2.75) is 196 Å². The summed E-state index contributed by atoms with van der Waals surface area (Å²) in [5.74, 6) is -0.536. The molecule has 68 heavy (non-hydrogen) atoms. The van der Waals surface area contributed by atoms with Gasteiger partial charge in [-0.1, -0.05) is 73.6 Å². The molecule has 10 aliphatic rings. The number of benzene rings is 1. The summed E-state index contributed by atoms with van der Waals surface area (Å²) in [6.45, 7) is 28.2. The maximum absolute atomic E-state index is 15.0. The molecule has 0 radical (unpaired) electrons. The van der Waals surface area contributed by atoms with Crippen LogP contribution in [0.25, 0.3) is 6.08 Å². The van der Waals surface area contributed by atoms with Crippen molar-refractivity contribution in [2.24, 2.45) is 72.4 Å². The highest BCUT2D eigenvalue weighted by Gasteiger charge is 2.73. The van der Waals surface area contributed by atoms with Crippen LogP contribution in [0, 0.1) is 79.3 Å². The number of hydrogen-bond donors (Lipinski definition) is 1. The molecule has 1 N–H and O–H groups in total. The number of carbonyl (C=O) groups excluding carboxylic acids is 3. The molecule has 16 atom stereocenters. The third-order valence-electron chi connectivity index (χ3n) is 25.1. The summed E-state index contributed by atoms with van der Waals surface area (Å²) >= 11 is 0. The fraction of sp³-hybridized carbons (Fsp3) is 0.750. The van der Waals surface area contributed by atoms with Crippen LogP contribution >= 0.6 is 0 Å². The van der Waals surface area contributed by atoms with Crippen LogP contribution in [-0.2, 0) is 29.3 Å². The Hall–Kier alpha value is -3.39. The lowest BCUT2D eigenvalue weighted by Crippen LogP contribution is -2.71. The molecule has 1 heterocycles. The summed E-state index contributed by atoms with van der Waals surface area (Å²) in [5.41, 5.74) is 2.50. The predicted octanol–water partition coefficient (Wildman–Crippen LogP) is 12.7. The van der Waals surface area contributed by atoms with Crippen molar-refractivity contribution in [3.8, 4) is 11.5 Å². The fourth-order valence-electron chi connectivity index (χ4n) is 19.8. The van der Waals surface area contributed by atoms with E-state index in [0.717, 1.165) is 119 Å². The zero-order valence-corrected chi connectivity index (χ0v) is 44.1. The number of ether oxygens (including phenoxy) is 4. The van der Waals surface area contributed by atoms with E-state index in [2.05, 4.69) is 100 Å². The molecule has 1 aromatic carbocycles. The molecule has 6 saturated carbocycles. The first kappa shape index (κ1) is 47.0. The number of allylic oxidation sites excluding steroid dienone is 2. The van der Waals surface area contributed by atoms with Crippen molar-refractivity contribution < 1.29 is 38.4 Å². The van der Waals surface area contributed by atoms with E-state index in [1.807, 2.05) is 6.92 Å². The lowest BCUT2D eigenvalue weighted by Gasteiger charge is -2.72. The van der Waals surface area contributed by atoms with Crippen LogP contribution in [0.3, 0.4) is 0 Å². The van der Waals surface area contributed by atoms with Crippen LogP contribution in [0.1, 0.15) is 189 Å². The molecule has 8 nitrogen and oxygen atoms in total. The van der Waals surface area contributed by atoms with Gasteiger partial charge in [-0.05, 0) is 214 Å². The summed E-state index contributed by atoms with van der Waals surface area (Å²) in [5, 5.41) is 12.9. The second-order valence-electron chi connectivity index (χ2n) is 27.8. The minimum absolute atomic E-state index is 0.00834. The summed E-state index contributed by atoms with van der Waals surface area (Å²) in [4.78, 5) is 41.6. The predicted molar refractivity (Wildman–Crippen MR) is 264 cm³/mol. The minimum Gasteiger partial charge on any atom is -0.471 e. The van der Waals surface area contributed by atoms with Gasteiger partial charge in [0.05, 0.1) is 25.0 Å². The summed E-state index contributed by atoms with van der Waals surface area (Å²) in [7, 11) is 3.07. The van der Waals surface area contributed by atoms with E-state index in [0.29, 0.717) is 23.3 Å². The Morgan fingerprint density at radius 3 is 1.71 bits per heavy atom. The van der Waals surface area contributed by atoms with Gasteiger partial charge >= 0.3 is 17.7 Å². The van der Waals surface area contributed by atoms with E-state index >= 15 is 0 Å². The van der Waals surface area contributed by atoms with Crippen LogP contribution in [0.15, 0.2) is 35.4 Å². The van der Waals surface area contributed by atoms with Gasteiger partial charge in [0.2, 0.25) is 11.4 Å². The molecule has 370 valence electrons. The Bertz CT molecular complexity index is 2550. The van der Waals surface area contributed by atoms with Crippen molar-refractivity contribution in [2.75, 3.05) is 14.2 Å². The highest BCUT2D eigenvalue weighted by molar-refractivity contribution is 6.02. The first-order valence-corrected chi connectivity index (χ1v) is 26.7. The molecule has 6 fully saturated rings. The molecule has 0 spiro atoms. The maximum Gasteiger partial charge on any atom is 0.317 e. The van der Waals surface area contributed by atoms with Gasteiger partial charge in [-0.25, -0.2) is 0 Å². The smallest absolute Gasteiger partial charge is 0.317 e. The zero-order chi connectivity index (χ0) is 49.1. The van der Waals surface area contributed by atoms with E-state index in [4.69, 9.17) is 18.9 Å². The van der Waals surface area contributed by atoms with Gasteiger partial charge in [0, 0.05) is 16.6 Å². The Kier molecular flexibility index (Phi) is 9.50. The van der Waals surface area contributed by atoms with E-state index < -0.39 is 28.0 Å². The average Bonchev–Trinajstić information content (AvgIpc) is 3.29. The molecule has 0 bridgehead atoms. The molecule has 1 aliphatic heterocycles. The SMILES string of the molecule is COC(=O)C1(C)CCC2(C)CCC3(C)C4CC=C5C(=CC(=O)C6(O)Oc7cc8c(c(C)c7OC56C)C=CC5C8(C)CCC6(C)C7CC(C)(C(=O)OC)CCC7(C)CCC56C)C4(C)CCC3(C)C2C1. The number of hydrogen-bond acceptors (Lipinski definition) is 8. The van der Waals surface area contributed by atoms with Crippen LogP contribution in [0.5, 0.6) is 11.5 Å². The molecule has 0 aromatic heterocycles. The molecule has 0 amide bonds. The second-order valence-corrected chi connectivity index (χ2v) is 27.8. The summed E-state index contributed by atoms with van der Waals surface area (Å²) in [6, 6.07) is 2.12. The Balaban J connectivity index is 0.935. The van der Waals surface area contributed by atoms with Gasteiger partial charge in [0.1, 0.15) is 0 Å². The van der Waals surface area contributed by atoms with Crippen molar-refractivity contribution >= 4 is 23.8 Å². The Labute approximate surface area is 407 Å². The zero-order valence-electron chi connectivity index (χ0n) is 44.1. The van der Waals surface area contributed by atoms with E-state index in [1.165, 1.54) is 19.8 Å². The molecular formula is C60H82O8. The second kappa shape index (κ2) is 13.8. The number of fused-ring (bicyclic) bond motifs is 17. The standard InChI is InChI=1S/C60H82O8/c1-35-36-15-17-41-53(6,25-29-57(10)43-33-51(4,47(62)65-13)21-19-49(43,2)23-27-55(41,57)8)38(36)31-40-46(35)68-59(12)37-16-18-42-54(7,39(37)32-45(61)60(59,64)67-40)26-30-58(11)44-34-52(5,48(63)66-14)22-20-50(44,3)24-28-56(42,58)9/h15-17,31-32,41-44,64H,18-30,33-34H2,1-14H3. The van der Waals surface area contributed by atoms with Gasteiger partial charge < -0.3 is 24.1 Å². The molecule has 1 aromatic rings. The molecule has 9 aliphatic carbocycles. The summed E-state index contributed by atoms with van der Waals surface area (Å²) in [6.07, 6.45) is 23.6. The number of esters is 2. The van der Waals surface area contributed by atoms with Crippen LogP contribution in [0.4, 0.5) is 0 Å². The van der Waals surface area contributed by atoms with Gasteiger partial charge in [-0.15, -0.1) is 0 Å². The van der Waals surface area contributed by atoms with Crippen molar-refractivity contribution in [3.05, 3.63) is 52.1 Å². The van der Waals surface area contributed by atoms with Gasteiger partial charge in [-0.3, -0.25) is 14.4 Å². The van der Waals surface area contributed by atoms with Crippen LogP contribution in [-0.4, -0.2) is 48.4 Å². The third kappa shape index (κ3) is 5.31. The monoisotopic (exact) mass is 931 g/mol. The minimum atomic E-state index is -2.25. The molecule has 8 heteroatoms. The average molecular weight is 931 g/mol. The molecule has 11 rings (SSSR count). The number of rotatable bonds is 2. The normalized spacial score (nSPS) is 51.5. The molecule has 0 saturated heterocycles. The topological polar surface area (TPSA) is 108 Å². The first-order chi connectivity index (χ1) is 31.6.